The average molecular weight is 313 g/mol. The number of amides is 1. The number of hydrogen-bond donors (Lipinski definition) is 1. The SMILES string of the molecule is O=C(NCc1nc(-c2ccncc2)cs1)c1ccc(F)cc1. The number of hydrogen-bond acceptors (Lipinski definition) is 4. The first-order chi connectivity index (χ1) is 10.7. The van der Waals surface area contributed by atoms with Crippen LogP contribution in [-0.2, 0) is 6.54 Å². The molecule has 1 aromatic carbocycles. The normalized spacial score (nSPS) is 10.4. The molecule has 22 heavy (non-hydrogen) atoms. The maximum atomic E-state index is 12.8. The van der Waals surface area contributed by atoms with Gasteiger partial charge in [-0.1, -0.05) is 0 Å². The molecule has 110 valence electrons. The predicted octanol–water partition coefficient (Wildman–Crippen LogP) is 3.27. The molecule has 1 amide bonds. The number of thiazole rings is 1. The van der Waals surface area contributed by atoms with Crippen molar-refractivity contribution in [3.05, 3.63) is 70.6 Å². The van der Waals surface area contributed by atoms with Crippen molar-refractivity contribution < 1.29 is 9.18 Å². The highest BCUT2D eigenvalue weighted by Crippen LogP contribution is 2.20. The molecule has 0 bridgehead atoms. The molecule has 0 saturated carbocycles. The van der Waals surface area contributed by atoms with Gasteiger partial charge in [-0.15, -0.1) is 11.3 Å². The van der Waals surface area contributed by atoms with Gasteiger partial charge in [0.25, 0.3) is 5.91 Å². The van der Waals surface area contributed by atoms with Crippen LogP contribution in [0.3, 0.4) is 0 Å². The standard InChI is InChI=1S/C16H12FN3OS/c17-13-3-1-12(2-4-13)16(21)19-9-15-20-14(10-22-15)11-5-7-18-8-6-11/h1-8,10H,9H2,(H,19,21). The Bertz CT molecular complexity index is 772. The van der Waals surface area contributed by atoms with E-state index in [1.54, 1.807) is 12.4 Å². The third-order valence-corrected chi connectivity index (χ3v) is 3.88. The number of nitrogens with zero attached hydrogens (tertiary/aromatic N) is 2. The first-order valence-electron chi connectivity index (χ1n) is 6.61. The third-order valence-electron chi connectivity index (χ3n) is 3.03. The Balaban J connectivity index is 1.64. The van der Waals surface area contributed by atoms with Gasteiger partial charge in [0.15, 0.2) is 0 Å². The number of aromatic nitrogens is 2. The summed E-state index contributed by atoms with van der Waals surface area (Å²) in [6, 6.07) is 9.20. The van der Waals surface area contributed by atoms with Gasteiger partial charge in [0, 0.05) is 28.9 Å². The summed E-state index contributed by atoms with van der Waals surface area (Å²) in [5.74, 6) is -0.612. The Morgan fingerprint density at radius 2 is 1.86 bits per heavy atom. The Labute approximate surface area is 130 Å². The maximum Gasteiger partial charge on any atom is 0.251 e. The second-order valence-electron chi connectivity index (χ2n) is 4.55. The van der Waals surface area contributed by atoms with Crippen LogP contribution in [0.25, 0.3) is 11.3 Å². The fourth-order valence-electron chi connectivity index (χ4n) is 1.91. The van der Waals surface area contributed by atoms with Gasteiger partial charge in [-0.25, -0.2) is 9.37 Å². The van der Waals surface area contributed by atoms with Crippen molar-refractivity contribution in [1.29, 1.82) is 0 Å². The lowest BCUT2D eigenvalue weighted by Crippen LogP contribution is -2.22. The second-order valence-corrected chi connectivity index (χ2v) is 5.49. The molecule has 4 nitrogen and oxygen atoms in total. The molecule has 1 N–H and O–H groups in total. The smallest absolute Gasteiger partial charge is 0.251 e. The van der Waals surface area contributed by atoms with Crippen LogP contribution in [0.1, 0.15) is 15.4 Å². The molecule has 0 aliphatic heterocycles. The summed E-state index contributed by atoms with van der Waals surface area (Å²) in [7, 11) is 0. The van der Waals surface area contributed by atoms with Crippen molar-refractivity contribution in [3.8, 4) is 11.3 Å². The Morgan fingerprint density at radius 3 is 2.59 bits per heavy atom. The van der Waals surface area contributed by atoms with Gasteiger partial charge in [0.05, 0.1) is 12.2 Å². The molecule has 0 radical (unpaired) electrons. The zero-order valence-electron chi connectivity index (χ0n) is 11.5. The summed E-state index contributed by atoms with van der Waals surface area (Å²) in [5.41, 5.74) is 2.27. The van der Waals surface area contributed by atoms with E-state index in [9.17, 15) is 9.18 Å². The summed E-state index contributed by atoms with van der Waals surface area (Å²) in [5, 5.41) is 5.52. The summed E-state index contributed by atoms with van der Waals surface area (Å²) in [6.45, 7) is 0.339. The number of carbonyl (C=O) groups is 1. The van der Waals surface area contributed by atoms with Crippen molar-refractivity contribution in [2.24, 2.45) is 0 Å². The highest BCUT2D eigenvalue weighted by molar-refractivity contribution is 7.09. The Kier molecular flexibility index (Phi) is 4.20. The number of carbonyl (C=O) groups excluding carboxylic acids is 1. The molecular weight excluding hydrogens is 301 g/mol. The fourth-order valence-corrected chi connectivity index (χ4v) is 2.65. The van der Waals surface area contributed by atoms with Crippen LogP contribution in [0, 0.1) is 5.82 Å². The molecule has 0 fully saturated rings. The highest BCUT2D eigenvalue weighted by atomic mass is 32.1. The van der Waals surface area contributed by atoms with Crippen LogP contribution in [0.2, 0.25) is 0 Å². The topological polar surface area (TPSA) is 54.9 Å². The van der Waals surface area contributed by atoms with Gasteiger partial charge in [-0.05, 0) is 36.4 Å². The molecule has 3 rings (SSSR count). The number of halogens is 1. The van der Waals surface area contributed by atoms with E-state index < -0.39 is 0 Å². The minimum absolute atomic E-state index is 0.249. The van der Waals surface area contributed by atoms with E-state index in [2.05, 4.69) is 15.3 Å². The van der Waals surface area contributed by atoms with Gasteiger partial charge in [0.1, 0.15) is 10.8 Å². The summed E-state index contributed by atoms with van der Waals surface area (Å²) in [6.07, 6.45) is 3.43. The van der Waals surface area contributed by atoms with E-state index in [0.717, 1.165) is 16.3 Å². The molecule has 0 aliphatic carbocycles. The van der Waals surface area contributed by atoms with Crippen LogP contribution < -0.4 is 5.32 Å². The molecule has 0 saturated heterocycles. The molecule has 2 heterocycles. The van der Waals surface area contributed by atoms with Crippen molar-refractivity contribution >= 4 is 17.2 Å². The van der Waals surface area contributed by atoms with Crippen LogP contribution >= 0.6 is 11.3 Å². The van der Waals surface area contributed by atoms with Crippen LogP contribution in [0.4, 0.5) is 4.39 Å². The molecule has 2 aromatic heterocycles. The molecule has 3 aromatic rings. The van der Waals surface area contributed by atoms with Crippen LogP contribution in [-0.4, -0.2) is 15.9 Å². The van der Waals surface area contributed by atoms with Crippen LogP contribution in [0.15, 0.2) is 54.2 Å². The monoisotopic (exact) mass is 313 g/mol. The van der Waals surface area contributed by atoms with E-state index in [1.807, 2.05) is 17.5 Å². The second kappa shape index (κ2) is 6.44. The summed E-state index contributed by atoms with van der Waals surface area (Å²) < 4.78 is 12.8. The minimum atomic E-state index is -0.363. The number of nitrogens with one attached hydrogen (secondary N) is 1. The predicted molar refractivity (Wildman–Crippen MR) is 82.9 cm³/mol. The number of rotatable bonds is 4. The zero-order valence-corrected chi connectivity index (χ0v) is 12.3. The van der Waals surface area contributed by atoms with Gasteiger partial charge >= 0.3 is 0 Å². The van der Waals surface area contributed by atoms with E-state index in [4.69, 9.17) is 0 Å². The molecule has 0 aliphatic rings. The van der Waals surface area contributed by atoms with Gasteiger partial charge in [-0.3, -0.25) is 9.78 Å². The van der Waals surface area contributed by atoms with Crippen molar-refractivity contribution in [3.63, 3.8) is 0 Å². The van der Waals surface area contributed by atoms with E-state index >= 15 is 0 Å². The first kappa shape index (κ1) is 14.3. The van der Waals surface area contributed by atoms with E-state index in [1.165, 1.54) is 35.6 Å². The first-order valence-corrected chi connectivity index (χ1v) is 7.49. The Hall–Kier alpha value is -2.60. The lowest BCUT2D eigenvalue weighted by atomic mass is 10.2. The third kappa shape index (κ3) is 3.35. The van der Waals surface area contributed by atoms with Crippen molar-refractivity contribution in [2.45, 2.75) is 6.54 Å². The lowest BCUT2D eigenvalue weighted by Gasteiger charge is -2.03. The maximum absolute atomic E-state index is 12.8. The molecule has 0 atom stereocenters. The van der Waals surface area contributed by atoms with Gasteiger partial charge in [0.2, 0.25) is 0 Å². The Morgan fingerprint density at radius 1 is 1.14 bits per heavy atom. The van der Waals surface area contributed by atoms with Crippen LogP contribution in [0.5, 0.6) is 0 Å². The summed E-state index contributed by atoms with van der Waals surface area (Å²) >= 11 is 1.48. The fraction of sp³-hybridized carbons (Fsp3) is 0.0625. The lowest BCUT2D eigenvalue weighted by molar-refractivity contribution is 0.0951. The molecule has 0 unspecified atom stereocenters. The number of benzene rings is 1. The van der Waals surface area contributed by atoms with E-state index in [-0.39, 0.29) is 11.7 Å². The molecule has 6 heteroatoms. The average Bonchev–Trinajstić information content (AvgIpc) is 3.03. The summed E-state index contributed by atoms with van der Waals surface area (Å²) in [4.78, 5) is 20.4. The molecule has 0 spiro atoms. The molecular formula is C16H12FN3OS. The quantitative estimate of drug-likeness (QED) is 0.804. The minimum Gasteiger partial charge on any atom is -0.346 e. The number of pyridine rings is 1. The van der Waals surface area contributed by atoms with Gasteiger partial charge in [-0.2, -0.15) is 0 Å². The van der Waals surface area contributed by atoms with Crippen molar-refractivity contribution in [2.75, 3.05) is 0 Å². The van der Waals surface area contributed by atoms with E-state index in [0.29, 0.717) is 12.1 Å². The van der Waals surface area contributed by atoms with Crippen molar-refractivity contribution in [1.82, 2.24) is 15.3 Å². The zero-order chi connectivity index (χ0) is 15.4. The largest absolute Gasteiger partial charge is 0.346 e. The van der Waals surface area contributed by atoms with Gasteiger partial charge < -0.3 is 5.32 Å². The highest BCUT2D eigenvalue weighted by Gasteiger charge is 2.08.